The van der Waals surface area contributed by atoms with Crippen LogP contribution in [0.1, 0.15) is 13.3 Å². The normalized spacial score (nSPS) is 21.3. The van der Waals surface area contributed by atoms with Crippen LogP contribution in [0.25, 0.3) is 0 Å². The molecule has 98 valence electrons. The van der Waals surface area contributed by atoms with Crippen LogP contribution in [0.4, 0.5) is 4.79 Å². The third kappa shape index (κ3) is 4.31. The Morgan fingerprint density at radius 3 is 2.94 bits per heavy atom. The van der Waals surface area contributed by atoms with Gasteiger partial charge >= 0.3 is 12.0 Å². The Morgan fingerprint density at radius 1 is 1.65 bits per heavy atom. The zero-order valence-corrected chi connectivity index (χ0v) is 11.6. The summed E-state index contributed by atoms with van der Waals surface area (Å²) in [5.74, 6) is 0.986. The number of nitrogens with one attached hydrogen (secondary N) is 1. The summed E-state index contributed by atoms with van der Waals surface area (Å²) in [6.45, 7) is 1.94. The second-order valence-corrected chi connectivity index (χ2v) is 5.94. The molecule has 0 aromatic carbocycles. The van der Waals surface area contributed by atoms with Gasteiger partial charge in [0.25, 0.3) is 0 Å². The van der Waals surface area contributed by atoms with Gasteiger partial charge in [-0.2, -0.15) is 11.8 Å². The second-order valence-electron chi connectivity index (χ2n) is 3.96. The zero-order valence-electron chi connectivity index (χ0n) is 10.0. The zero-order chi connectivity index (χ0) is 12.8. The van der Waals surface area contributed by atoms with E-state index in [4.69, 9.17) is 5.11 Å². The minimum absolute atomic E-state index is 0.0787. The first kappa shape index (κ1) is 14.5. The topological polar surface area (TPSA) is 69.6 Å². The van der Waals surface area contributed by atoms with Crippen molar-refractivity contribution in [2.24, 2.45) is 0 Å². The molecular formula is C10H18N2O3S2. The third-order valence-electron chi connectivity index (χ3n) is 2.55. The van der Waals surface area contributed by atoms with Gasteiger partial charge in [0.15, 0.2) is 0 Å². The Kier molecular flexibility index (Phi) is 5.97. The van der Waals surface area contributed by atoms with E-state index in [-0.39, 0.29) is 12.1 Å². The van der Waals surface area contributed by atoms with Gasteiger partial charge in [0.2, 0.25) is 0 Å². The van der Waals surface area contributed by atoms with Crippen molar-refractivity contribution in [2.45, 2.75) is 25.4 Å². The molecule has 1 heterocycles. The number of carbonyl (C=O) groups is 2. The van der Waals surface area contributed by atoms with Crippen molar-refractivity contribution in [2.75, 3.05) is 23.6 Å². The van der Waals surface area contributed by atoms with Crippen molar-refractivity contribution in [3.63, 3.8) is 0 Å². The first-order valence-electron chi connectivity index (χ1n) is 5.43. The molecule has 0 aromatic rings. The number of hydrogen-bond acceptors (Lipinski definition) is 4. The molecule has 0 aliphatic carbocycles. The van der Waals surface area contributed by atoms with E-state index in [0.29, 0.717) is 11.6 Å². The Morgan fingerprint density at radius 2 is 2.35 bits per heavy atom. The van der Waals surface area contributed by atoms with Gasteiger partial charge in [-0.1, -0.05) is 0 Å². The van der Waals surface area contributed by atoms with Crippen molar-refractivity contribution in [3.05, 3.63) is 0 Å². The molecule has 0 bridgehead atoms. The van der Waals surface area contributed by atoms with Gasteiger partial charge in [0.1, 0.15) is 6.04 Å². The summed E-state index contributed by atoms with van der Waals surface area (Å²) >= 11 is 3.20. The monoisotopic (exact) mass is 278 g/mol. The second kappa shape index (κ2) is 7.00. The maximum absolute atomic E-state index is 11.9. The number of nitrogens with zero attached hydrogens (tertiary/aromatic N) is 1. The minimum atomic E-state index is -0.929. The molecule has 0 radical (unpaired) electrons. The SMILES string of the molecule is CSCCC(C)NC(=O)N1CSC[C@H]1C(=O)O. The van der Waals surface area contributed by atoms with Gasteiger partial charge in [-0.15, -0.1) is 11.8 Å². The van der Waals surface area contributed by atoms with Gasteiger partial charge in [0.05, 0.1) is 5.88 Å². The predicted octanol–water partition coefficient (Wildman–Crippen LogP) is 1.30. The predicted molar refractivity (Wildman–Crippen MR) is 71.6 cm³/mol. The molecule has 17 heavy (non-hydrogen) atoms. The van der Waals surface area contributed by atoms with Crippen molar-refractivity contribution >= 4 is 35.5 Å². The highest BCUT2D eigenvalue weighted by Gasteiger charge is 2.34. The fraction of sp³-hybridized carbons (Fsp3) is 0.800. The summed E-state index contributed by atoms with van der Waals surface area (Å²) < 4.78 is 0. The van der Waals surface area contributed by atoms with Gasteiger partial charge < -0.3 is 15.3 Å². The lowest BCUT2D eigenvalue weighted by Gasteiger charge is -2.23. The van der Waals surface area contributed by atoms with E-state index in [2.05, 4.69) is 5.32 Å². The largest absolute Gasteiger partial charge is 0.480 e. The Hall–Kier alpha value is -0.560. The quantitative estimate of drug-likeness (QED) is 0.793. The lowest BCUT2D eigenvalue weighted by molar-refractivity contribution is -0.140. The molecule has 7 heteroatoms. The van der Waals surface area contributed by atoms with Crippen LogP contribution in [0, 0.1) is 0 Å². The molecule has 2 atom stereocenters. The van der Waals surface area contributed by atoms with E-state index >= 15 is 0 Å². The molecule has 1 fully saturated rings. The van der Waals surface area contributed by atoms with Crippen LogP contribution in [-0.4, -0.2) is 57.7 Å². The third-order valence-corrected chi connectivity index (χ3v) is 4.21. The standard InChI is InChI=1S/C10H18N2O3S2/c1-7(3-4-16-2)11-10(15)12-6-17-5-8(12)9(13)14/h7-8H,3-6H2,1-2H3,(H,11,15)(H,13,14)/t7?,8-/m0/s1. The molecule has 0 saturated carbocycles. The average molecular weight is 278 g/mol. The number of carboxylic acid groups (broad SMARTS) is 1. The number of rotatable bonds is 5. The Labute approximate surface area is 110 Å². The van der Waals surface area contributed by atoms with Gasteiger partial charge in [-0.25, -0.2) is 9.59 Å². The van der Waals surface area contributed by atoms with Gasteiger partial charge in [-0.3, -0.25) is 0 Å². The molecule has 1 rings (SSSR count). The van der Waals surface area contributed by atoms with E-state index in [9.17, 15) is 9.59 Å². The Balaban J connectivity index is 2.43. The fourth-order valence-electron chi connectivity index (χ4n) is 1.51. The molecule has 5 nitrogen and oxygen atoms in total. The first-order valence-corrected chi connectivity index (χ1v) is 7.97. The van der Waals surface area contributed by atoms with E-state index in [1.165, 1.54) is 16.7 Å². The van der Waals surface area contributed by atoms with Crippen LogP contribution in [-0.2, 0) is 4.79 Å². The van der Waals surface area contributed by atoms with E-state index in [0.717, 1.165) is 12.2 Å². The van der Waals surface area contributed by atoms with Crippen molar-refractivity contribution in [1.82, 2.24) is 10.2 Å². The lowest BCUT2D eigenvalue weighted by Crippen LogP contribution is -2.49. The number of thioether (sulfide) groups is 2. The van der Waals surface area contributed by atoms with Crippen LogP contribution >= 0.6 is 23.5 Å². The van der Waals surface area contributed by atoms with Crippen LogP contribution in [0.15, 0.2) is 0 Å². The van der Waals surface area contributed by atoms with Gasteiger partial charge in [-0.05, 0) is 25.4 Å². The highest BCUT2D eigenvalue weighted by molar-refractivity contribution is 7.99. The minimum Gasteiger partial charge on any atom is -0.480 e. The highest BCUT2D eigenvalue weighted by atomic mass is 32.2. The average Bonchev–Trinajstić information content (AvgIpc) is 2.75. The summed E-state index contributed by atoms with van der Waals surface area (Å²) in [7, 11) is 0. The van der Waals surface area contributed by atoms with Gasteiger partial charge in [0, 0.05) is 11.8 Å². The number of carboxylic acids is 1. The number of amides is 2. The summed E-state index contributed by atoms with van der Waals surface area (Å²) in [4.78, 5) is 24.2. The molecule has 0 spiro atoms. The van der Waals surface area contributed by atoms with Crippen LogP contribution in [0.5, 0.6) is 0 Å². The maximum atomic E-state index is 11.9. The molecule has 1 aliphatic rings. The van der Waals surface area contributed by atoms with E-state index in [1.54, 1.807) is 11.8 Å². The fourth-order valence-corrected chi connectivity index (χ4v) is 3.24. The number of carbonyl (C=O) groups excluding carboxylic acids is 1. The number of urea groups is 1. The van der Waals surface area contributed by atoms with E-state index < -0.39 is 12.0 Å². The smallest absolute Gasteiger partial charge is 0.327 e. The molecule has 1 aliphatic heterocycles. The molecular weight excluding hydrogens is 260 g/mol. The molecule has 1 saturated heterocycles. The molecule has 2 amide bonds. The molecule has 0 aromatic heterocycles. The van der Waals surface area contributed by atoms with Crippen molar-refractivity contribution in [3.8, 4) is 0 Å². The van der Waals surface area contributed by atoms with Crippen molar-refractivity contribution < 1.29 is 14.7 Å². The molecule has 2 N–H and O–H groups in total. The van der Waals surface area contributed by atoms with Crippen LogP contribution < -0.4 is 5.32 Å². The summed E-state index contributed by atoms with van der Waals surface area (Å²) in [5.41, 5.74) is 0. The summed E-state index contributed by atoms with van der Waals surface area (Å²) in [6, 6.07) is -0.876. The van der Waals surface area contributed by atoms with Crippen molar-refractivity contribution in [1.29, 1.82) is 0 Å². The Bertz CT molecular complexity index is 289. The van der Waals surface area contributed by atoms with Crippen LogP contribution in [0.3, 0.4) is 0 Å². The van der Waals surface area contributed by atoms with E-state index in [1.807, 2.05) is 13.2 Å². The van der Waals surface area contributed by atoms with Crippen LogP contribution in [0.2, 0.25) is 0 Å². The highest BCUT2D eigenvalue weighted by Crippen LogP contribution is 2.21. The lowest BCUT2D eigenvalue weighted by atomic mass is 10.2. The number of aliphatic carboxylic acids is 1. The summed E-state index contributed by atoms with van der Waals surface area (Å²) in [5, 5.41) is 11.8. The summed E-state index contributed by atoms with van der Waals surface area (Å²) in [6.07, 6.45) is 2.91. The number of hydrogen-bond donors (Lipinski definition) is 2. The first-order chi connectivity index (χ1) is 8.06. The molecule has 1 unspecified atom stereocenters. The maximum Gasteiger partial charge on any atom is 0.327 e.